The Balaban J connectivity index is 2.14. The molecule has 5 aromatic rings. The van der Waals surface area contributed by atoms with Crippen molar-refractivity contribution >= 4 is 43.9 Å². The van der Waals surface area contributed by atoms with Gasteiger partial charge in [-0.25, -0.2) is 4.98 Å². The molecule has 0 radical (unpaired) electrons. The van der Waals surface area contributed by atoms with Crippen LogP contribution >= 0.6 is 0 Å². The van der Waals surface area contributed by atoms with Crippen molar-refractivity contribution in [1.29, 1.82) is 0 Å². The third kappa shape index (κ3) is 1.55. The lowest BCUT2D eigenvalue weighted by Crippen LogP contribution is -2.08. The molecule has 0 aliphatic rings. The van der Waals surface area contributed by atoms with E-state index >= 15 is 0 Å². The molecule has 0 aliphatic heterocycles. The number of H-pyrrole nitrogens is 1. The highest BCUT2D eigenvalue weighted by atomic mass is 16.3. The zero-order valence-electron chi connectivity index (χ0n) is 12.4. The monoisotopic (exact) mass is 300 g/mol. The number of rotatable bonds is 0. The lowest BCUT2D eigenvalue weighted by atomic mass is 10.0. The fraction of sp³-hybridized carbons (Fsp3) is 0.0526. The van der Waals surface area contributed by atoms with Gasteiger partial charge in [0.05, 0.1) is 16.4 Å². The molecule has 2 aromatic carbocycles. The van der Waals surface area contributed by atoms with Gasteiger partial charge < -0.3 is 9.40 Å². The number of fused-ring (bicyclic) bond motifs is 6. The van der Waals surface area contributed by atoms with Crippen molar-refractivity contribution in [2.24, 2.45) is 0 Å². The summed E-state index contributed by atoms with van der Waals surface area (Å²) in [5.41, 5.74) is 4.37. The van der Waals surface area contributed by atoms with Gasteiger partial charge in [0.2, 0.25) is 0 Å². The number of nitrogens with zero attached hydrogens (tertiary/aromatic N) is 1. The van der Waals surface area contributed by atoms with E-state index in [-0.39, 0.29) is 5.56 Å². The average Bonchev–Trinajstić information content (AvgIpc) is 2.94. The average molecular weight is 300 g/mol. The first-order valence-corrected chi connectivity index (χ1v) is 7.46. The highest BCUT2D eigenvalue weighted by Gasteiger charge is 2.17. The molecule has 23 heavy (non-hydrogen) atoms. The Morgan fingerprint density at radius 1 is 1.00 bits per heavy atom. The minimum Gasteiger partial charge on any atom is -0.452 e. The third-order valence-corrected chi connectivity index (χ3v) is 4.43. The second-order valence-electron chi connectivity index (χ2n) is 5.73. The number of aromatic nitrogens is 2. The lowest BCUT2D eigenvalue weighted by molar-refractivity contribution is 0.671. The normalized spacial score (nSPS) is 11.9. The molecule has 0 atom stereocenters. The van der Waals surface area contributed by atoms with Gasteiger partial charge >= 0.3 is 0 Å². The number of nitrogens with one attached hydrogen (secondary N) is 1. The molecule has 5 rings (SSSR count). The largest absolute Gasteiger partial charge is 0.452 e. The van der Waals surface area contributed by atoms with Gasteiger partial charge in [-0.05, 0) is 30.7 Å². The topological polar surface area (TPSA) is 58.9 Å². The zero-order valence-corrected chi connectivity index (χ0v) is 12.4. The Hall–Kier alpha value is -3.14. The van der Waals surface area contributed by atoms with Crippen LogP contribution in [0, 0.1) is 6.92 Å². The number of hydrogen-bond acceptors (Lipinski definition) is 3. The summed E-state index contributed by atoms with van der Waals surface area (Å²) in [6, 6.07) is 15.5. The maximum Gasteiger partial charge on any atom is 0.258 e. The van der Waals surface area contributed by atoms with Gasteiger partial charge in [-0.15, -0.1) is 0 Å². The van der Waals surface area contributed by atoms with E-state index in [1.165, 1.54) is 0 Å². The van der Waals surface area contributed by atoms with Crippen molar-refractivity contribution in [1.82, 2.24) is 9.97 Å². The van der Waals surface area contributed by atoms with Crippen molar-refractivity contribution in [2.45, 2.75) is 6.92 Å². The van der Waals surface area contributed by atoms with E-state index in [9.17, 15) is 4.79 Å². The van der Waals surface area contributed by atoms with Crippen molar-refractivity contribution < 1.29 is 4.42 Å². The second kappa shape index (κ2) is 4.20. The Kier molecular flexibility index (Phi) is 2.26. The highest BCUT2D eigenvalue weighted by Crippen LogP contribution is 2.32. The van der Waals surface area contributed by atoms with Gasteiger partial charge in [-0.1, -0.05) is 30.3 Å². The smallest absolute Gasteiger partial charge is 0.258 e. The van der Waals surface area contributed by atoms with Crippen LogP contribution in [-0.4, -0.2) is 9.97 Å². The summed E-state index contributed by atoms with van der Waals surface area (Å²) < 4.78 is 5.99. The SMILES string of the molecule is Cc1c2ccccc2nc2c1c(=O)[nH]c1c3ccccc3oc21. The number of aromatic amines is 1. The van der Waals surface area contributed by atoms with Gasteiger partial charge in [-0.2, -0.15) is 0 Å². The maximum absolute atomic E-state index is 12.7. The number of pyridine rings is 2. The van der Waals surface area contributed by atoms with Crippen molar-refractivity contribution in [2.75, 3.05) is 0 Å². The summed E-state index contributed by atoms with van der Waals surface area (Å²) in [5, 5.41) is 2.48. The fourth-order valence-electron chi connectivity index (χ4n) is 3.33. The summed E-state index contributed by atoms with van der Waals surface area (Å²) in [5.74, 6) is 0. The molecule has 4 nitrogen and oxygen atoms in total. The van der Waals surface area contributed by atoms with Gasteiger partial charge in [0, 0.05) is 10.8 Å². The predicted molar refractivity (Wildman–Crippen MR) is 91.9 cm³/mol. The summed E-state index contributed by atoms with van der Waals surface area (Å²) in [4.78, 5) is 20.3. The van der Waals surface area contributed by atoms with E-state index in [0.29, 0.717) is 22.0 Å². The maximum atomic E-state index is 12.7. The molecule has 0 saturated carbocycles. The molecule has 3 aromatic heterocycles. The molecule has 0 unspecified atom stereocenters. The number of benzene rings is 2. The standard InChI is InChI=1S/C19H12N2O2/c1-10-11-6-2-4-8-13(11)20-17-15(10)19(22)21-16-12-7-3-5-9-14(12)23-18(16)17/h2-9H,1H3,(H,21,22). The van der Waals surface area contributed by atoms with E-state index in [2.05, 4.69) is 4.98 Å². The Bertz CT molecular complexity index is 1300. The summed E-state index contributed by atoms with van der Waals surface area (Å²) >= 11 is 0. The third-order valence-electron chi connectivity index (χ3n) is 4.43. The molecule has 1 N–H and O–H groups in total. The van der Waals surface area contributed by atoms with Crippen LogP contribution in [0.3, 0.4) is 0 Å². The molecule has 0 saturated heterocycles. The van der Waals surface area contributed by atoms with Gasteiger partial charge in [-0.3, -0.25) is 4.79 Å². The number of para-hydroxylation sites is 2. The van der Waals surface area contributed by atoms with Crippen LogP contribution in [-0.2, 0) is 0 Å². The van der Waals surface area contributed by atoms with Crippen LogP contribution in [0.2, 0.25) is 0 Å². The first-order valence-electron chi connectivity index (χ1n) is 7.46. The predicted octanol–water partition coefficient (Wildman–Crippen LogP) is 4.28. The van der Waals surface area contributed by atoms with Crippen LogP contribution in [0.5, 0.6) is 0 Å². The minimum atomic E-state index is -0.130. The van der Waals surface area contributed by atoms with E-state index in [1.54, 1.807) is 0 Å². The number of aryl methyl sites for hydroxylation is 1. The van der Waals surface area contributed by atoms with E-state index in [1.807, 2.05) is 55.5 Å². The zero-order chi connectivity index (χ0) is 15.6. The molecule has 0 aliphatic carbocycles. The molecule has 0 amide bonds. The minimum absolute atomic E-state index is 0.130. The fourth-order valence-corrected chi connectivity index (χ4v) is 3.33. The Morgan fingerprint density at radius 2 is 1.74 bits per heavy atom. The molecule has 0 fully saturated rings. The summed E-state index contributed by atoms with van der Waals surface area (Å²) in [7, 11) is 0. The van der Waals surface area contributed by atoms with Crippen LogP contribution in [0.15, 0.2) is 57.7 Å². The van der Waals surface area contributed by atoms with Gasteiger partial charge in [0.15, 0.2) is 5.58 Å². The quantitative estimate of drug-likeness (QED) is 0.434. The van der Waals surface area contributed by atoms with Gasteiger partial charge in [0.1, 0.15) is 11.1 Å². The van der Waals surface area contributed by atoms with Crippen molar-refractivity contribution in [3.8, 4) is 0 Å². The highest BCUT2D eigenvalue weighted by molar-refractivity contribution is 6.13. The van der Waals surface area contributed by atoms with Crippen LogP contribution < -0.4 is 5.56 Å². The molecular formula is C19H12N2O2. The van der Waals surface area contributed by atoms with Gasteiger partial charge in [0.25, 0.3) is 5.56 Å². The summed E-state index contributed by atoms with van der Waals surface area (Å²) in [6.07, 6.45) is 0. The summed E-state index contributed by atoms with van der Waals surface area (Å²) in [6.45, 7) is 1.95. The lowest BCUT2D eigenvalue weighted by Gasteiger charge is -2.06. The molecular weight excluding hydrogens is 288 g/mol. The van der Waals surface area contributed by atoms with Crippen molar-refractivity contribution in [3.05, 3.63) is 64.4 Å². The van der Waals surface area contributed by atoms with Crippen LogP contribution in [0.25, 0.3) is 43.9 Å². The Labute approximate surface area is 130 Å². The molecule has 4 heteroatoms. The van der Waals surface area contributed by atoms with Crippen molar-refractivity contribution in [3.63, 3.8) is 0 Å². The van der Waals surface area contributed by atoms with E-state index < -0.39 is 0 Å². The molecule has 0 spiro atoms. The molecule has 3 heterocycles. The van der Waals surface area contributed by atoms with E-state index in [0.717, 1.165) is 27.4 Å². The first-order chi connectivity index (χ1) is 11.2. The molecule has 110 valence electrons. The van der Waals surface area contributed by atoms with Crippen LogP contribution in [0.1, 0.15) is 5.56 Å². The number of furan rings is 1. The second-order valence-corrected chi connectivity index (χ2v) is 5.73. The van der Waals surface area contributed by atoms with E-state index in [4.69, 9.17) is 9.40 Å². The Morgan fingerprint density at radius 3 is 2.61 bits per heavy atom. The van der Waals surface area contributed by atoms with Crippen LogP contribution in [0.4, 0.5) is 0 Å². The number of hydrogen-bond donors (Lipinski definition) is 1. The first kappa shape index (κ1) is 12.4. The molecule has 0 bridgehead atoms.